The second-order valence-electron chi connectivity index (χ2n) is 12.0. The van der Waals surface area contributed by atoms with Crippen LogP contribution in [0.25, 0.3) is 0 Å². The van der Waals surface area contributed by atoms with E-state index in [2.05, 4.69) is 35.5 Å². The van der Waals surface area contributed by atoms with Gasteiger partial charge in [-0.25, -0.2) is 0 Å². The summed E-state index contributed by atoms with van der Waals surface area (Å²) >= 11 is 5.85. The number of fused-ring (bicyclic) bond motifs is 1. The van der Waals surface area contributed by atoms with Crippen molar-refractivity contribution in [1.29, 1.82) is 0 Å². The highest BCUT2D eigenvalue weighted by Crippen LogP contribution is 2.55. The van der Waals surface area contributed by atoms with E-state index in [4.69, 9.17) is 16.3 Å². The molecule has 0 amide bonds. The van der Waals surface area contributed by atoms with Crippen LogP contribution in [0.3, 0.4) is 0 Å². The van der Waals surface area contributed by atoms with Crippen molar-refractivity contribution >= 4 is 29.8 Å². The van der Waals surface area contributed by atoms with Crippen molar-refractivity contribution < 1.29 is 9.53 Å². The number of rotatable bonds is 4. The number of ketones is 1. The Bertz CT molecular complexity index is 1080. The molecular formula is C31H44Cl2N2O2. The van der Waals surface area contributed by atoms with Crippen molar-refractivity contribution in [3.8, 4) is 5.75 Å². The van der Waals surface area contributed by atoms with E-state index in [9.17, 15) is 4.79 Å². The van der Waals surface area contributed by atoms with E-state index in [-0.39, 0.29) is 29.8 Å². The highest BCUT2D eigenvalue weighted by molar-refractivity contribution is 6.31. The molecule has 4 atom stereocenters. The SMILES string of the molecule is CC(NC(C)(C)C)C(=O)c1cccc(Cl)c1.COc1ccc2c(c1)[C@]13CCCC[C@@H]1[C@H](C2)N(C)CC3.Cl. The molecule has 2 aliphatic carbocycles. The van der Waals surface area contributed by atoms with Gasteiger partial charge in [-0.3, -0.25) is 4.79 Å². The number of methoxy groups -OCH3 is 1. The number of hydrogen-bond acceptors (Lipinski definition) is 4. The molecule has 1 saturated heterocycles. The number of Topliss-reactive ketones (excluding diaryl/α,β-unsaturated/α-hetero) is 1. The fourth-order valence-electron chi connectivity index (χ4n) is 6.91. The zero-order valence-corrected chi connectivity index (χ0v) is 24.8. The Morgan fingerprint density at radius 1 is 1.16 bits per heavy atom. The molecule has 2 bridgehead atoms. The monoisotopic (exact) mass is 546 g/mol. The molecule has 1 unspecified atom stereocenters. The molecule has 1 heterocycles. The summed E-state index contributed by atoms with van der Waals surface area (Å²) in [5.74, 6) is 1.98. The van der Waals surface area contributed by atoms with Gasteiger partial charge in [-0.2, -0.15) is 0 Å². The first-order valence-corrected chi connectivity index (χ1v) is 13.9. The van der Waals surface area contributed by atoms with Gasteiger partial charge in [0.25, 0.3) is 0 Å². The van der Waals surface area contributed by atoms with Crippen molar-refractivity contribution in [2.24, 2.45) is 5.92 Å². The van der Waals surface area contributed by atoms with Crippen LogP contribution in [0, 0.1) is 5.92 Å². The lowest BCUT2D eigenvalue weighted by atomic mass is 9.52. The molecule has 2 aromatic rings. The Kier molecular flexibility index (Phi) is 9.77. The van der Waals surface area contributed by atoms with Crippen LogP contribution < -0.4 is 10.1 Å². The average Bonchev–Trinajstić information content (AvgIpc) is 2.85. The Balaban J connectivity index is 0.000000206. The maximum absolute atomic E-state index is 12.1. The first-order valence-electron chi connectivity index (χ1n) is 13.5. The van der Waals surface area contributed by atoms with Crippen LogP contribution in [-0.4, -0.2) is 49.0 Å². The molecule has 2 aromatic carbocycles. The van der Waals surface area contributed by atoms with E-state index in [1.807, 2.05) is 27.7 Å². The number of likely N-dealkylation sites (N-methyl/N-ethyl adjacent to an activating group) is 1. The van der Waals surface area contributed by atoms with Gasteiger partial charge in [0.2, 0.25) is 0 Å². The van der Waals surface area contributed by atoms with E-state index in [1.54, 1.807) is 42.5 Å². The van der Waals surface area contributed by atoms with E-state index >= 15 is 0 Å². The van der Waals surface area contributed by atoms with Gasteiger partial charge in [0.15, 0.2) is 5.78 Å². The number of piperidine rings is 1. The smallest absolute Gasteiger partial charge is 0.179 e. The largest absolute Gasteiger partial charge is 0.497 e. The molecule has 3 aliphatic rings. The van der Waals surface area contributed by atoms with Crippen LogP contribution in [0.2, 0.25) is 5.02 Å². The minimum absolute atomic E-state index is 0. The standard InChI is InChI=1S/C18H25NO.C13H18ClNO.ClH/c1-19-10-9-18-8-4-3-5-15(18)17(19)11-13-6-7-14(20-2)12-16(13)18;1-9(15-13(2,3)4)12(16)10-6-5-7-11(14)8-10;/h6-7,12,15,17H,3-5,8-11H2,1-2H3;5-9,15H,1-4H3;1H/t15-,17+,18+;;/m1../s1. The van der Waals surface area contributed by atoms with E-state index in [1.165, 1.54) is 45.1 Å². The van der Waals surface area contributed by atoms with Crippen LogP contribution >= 0.6 is 24.0 Å². The number of halogens is 2. The van der Waals surface area contributed by atoms with Gasteiger partial charge in [-0.15, -0.1) is 12.4 Å². The van der Waals surface area contributed by atoms with Crippen LogP contribution in [0.15, 0.2) is 42.5 Å². The second-order valence-corrected chi connectivity index (χ2v) is 12.5. The highest BCUT2D eigenvalue weighted by atomic mass is 35.5. The Labute approximate surface area is 234 Å². The van der Waals surface area contributed by atoms with Gasteiger partial charge in [0.05, 0.1) is 13.2 Å². The van der Waals surface area contributed by atoms with Crippen molar-refractivity contribution in [3.05, 3.63) is 64.2 Å². The normalized spacial score (nSPS) is 25.4. The third kappa shape index (κ3) is 6.53. The van der Waals surface area contributed by atoms with Gasteiger partial charge in [-0.1, -0.05) is 42.6 Å². The summed E-state index contributed by atoms with van der Waals surface area (Å²) in [4.78, 5) is 14.7. The van der Waals surface area contributed by atoms with Gasteiger partial charge >= 0.3 is 0 Å². The lowest BCUT2D eigenvalue weighted by molar-refractivity contribution is 0.00274. The minimum atomic E-state index is -0.210. The maximum atomic E-state index is 12.1. The number of ether oxygens (including phenoxy) is 1. The van der Waals surface area contributed by atoms with Gasteiger partial charge in [0, 0.05) is 27.6 Å². The van der Waals surface area contributed by atoms with E-state index in [0.717, 1.165) is 17.7 Å². The van der Waals surface area contributed by atoms with Crippen molar-refractivity contribution in [2.75, 3.05) is 20.7 Å². The average molecular weight is 548 g/mol. The van der Waals surface area contributed by atoms with Crippen LogP contribution in [0.1, 0.15) is 81.3 Å². The van der Waals surface area contributed by atoms with Crippen molar-refractivity contribution in [1.82, 2.24) is 10.2 Å². The number of benzene rings is 2. The predicted octanol–water partition coefficient (Wildman–Crippen LogP) is 7.10. The summed E-state index contributed by atoms with van der Waals surface area (Å²) in [5.41, 5.74) is 4.24. The number of likely N-dealkylation sites (tertiary alicyclic amines) is 1. The number of carbonyl (C=O) groups is 1. The molecule has 4 nitrogen and oxygen atoms in total. The summed E-state index contributed by atoms with van der Waals surface area (Å²) in [6.07, 6.45) is 8.22. The van der Waals surface area contributed by atoms with Crippen LogP contribution in [0.4, 0.5) is 0 Å². The number of carbonyl (C=O) groups excluding carboxylic acids is 1. The van der Waals surface area contributed by atoms with Crippen LogP contribution in [-0.2, 0) is 11.8 Å². The van der Waals surface area contributed by atoms with Crippen molar-refractivity contribution in [2.45, 2.75) is 89.3 Å². The molecule has 2 fully saturated rings. The molecule has 1 saturated carbocycles. The fraction of sp³-hybridized carbons (Fsp3) is 0.581. The van der Waals surface area contributed by atoms with Gasteiger partial charge in [0.1, 0.15) is 5.75 Å². The third-order valence-electron chi connectivity index (χ3n) is 8.47. The molecule has 6 heteroatoms. The summed E-state index contributed by atoms with van der Waals surface area (Å²) in [5, 5.41) is 3.84. The Morgan fingerprint density at radius 3 is 2.59 bits per heavy atom. The van der Waals surface area contributed by atoms with Crippen LogP contribution in [0.5, 0.6) is 5.75 Å². The summed E-state index contributed by atoms with van der Waals surface area (Å²) in [7, 11) is 4.12. The topological polar surface area (TPSA) is 41.6 Å². The molecule has 5 rings (SSSR count). The quantitative estimate of drug-likeness (QED) is 0.415. The summed E-state index contributed by atoms with van der Waals surface area (Å²) in [6, 6.07) is 14.4. The molecule has 0 spiro atoms. The lowest BCUT2D eigenvalue weighted by Crippen LogP contribution is -2.59. The molecule has 0 aromatic heterocycles. The zero-order chi connectivity index (χ0) is 26.1. The molecule has 1 aliphatic heterocycles. The molecular weight excluding hydrogens is 503 g/mol. The predicted molar refractivity (Wildman–Crippen MR) is 157 cm³/mol. The lowest BCUT2D eigenvalue weighted by Gasteiger charge is -2.58. The maximum Gasteiger partial charge on any atom is 0.179 e. The zero-order valence-electron chi connectivity index (χ0n) is 23.3. The fourth-order valence-corrected chi connectivity index (χ4v) is 7.10. The first kappa shape index (κ1) is 30.0. The number of nitrogens with zero attached hydrogens (tertiary/aromatic N) is 1. The summed E-state index contributed by atoms with van der Waals surface area (Å²) in [6.45, 7) is 9.24. The molecule has 204 valence electrons. The number of nitrogens with one attached hydrogen (secondary N) is 1. The van der Waals surface area contributed by atoms with Gasteiger partial charge < -0.3 is 15.0 Å². The Hall–Kier alpha value is -1.59. The van der Waals surface area contributed by atoms with Gasteiger partial charge in [-0.05, 0) is 108 Å². The first-order chi connectivity index (χ1) is 17.0. The second kappa shape index (κ2) is 12.1. The molecule has 1 N–H and O–H groups in total. The third-order valence-corrected chi connectivity index (χ3v) is 8.71. The minimum Gasteiger partial charge on any atom is -0.497 e. The molecule has 37 heavy (non-hydrogen) atoms. The molecule has 0 radical (unpaired) electrons. The van der Waals surface area contributed by atoms with E-state index in [0.29, 0.717) is 16.0 Å². The summed E-state index contributed by atoms with van der Waals surface area (Å²) < 4.78 is 5.51. The highest BCUT2D eigenvalue weighted by Gasteiger charge is 2.53. The van der Waals surface area contributed by atoms with E-state index < -0.39 is 0 Å². The van der Waals surface area contributed by atoms with Crippen molar-refractivity contribution in [3.63, 3.8) is 0 Å². The number of hydrogen-bond donors (Lipinski definition) is 1. The Morgan fingerprint density at radius 2 is 1.92 bits per heavy atom.